The largest absolute Gasteiger partial charge is 0.298 e. The number of aromatic amines is 1. The Morgan fingerprint density at radius 3 is 2.69 bits per heavy atom. The van der Waals surface area contributed by atoms with Crippen LogP contribution < -0.4 is 5.56 Å². The Balaban J connectivity index is 1.48. The van der Waals surface area contributed by atoms with Gasteiger partial charge in [0.05, 0.1) is 34.2 Å². The molecule has 9 nitrogen and oxygen atoms in total. The van der Waals surface area contributed by atoms with Gasteiger partial charge < -0.3 is 0 Å². The summed E-state index contributed by atoms with van der Waals surface area (Å²) in [5.41, 5.74) is 5.18. The van der Waals surface area contributed by atoms with Crippen molar-refractivity contribution in [1.82, 2.24) is 39.7 Å². The van der Waals surface area contributed by atoms with E-state index in [0.717, 1.165) is 58.5 Å². The van der Waals surface area contributed by atoms with Crippen LogP contribution in [0.25, 0.3) is 39.0 Å². The Hall–Kier alpha value is -4.66. The van der Waals surface area contributed by atoms with Gasteiger partial charge in [-0.3, -0.25) is 13.9 Å². The molecule has 6 aromatic rings. The Morgan fingerprint density at radius 1 is 0.972 bits per heavy atom. The number of aryl methyl sites for hydroxylation is 1. The van der Waals surface area contributed by atoms with Crippen LogP contribution in [0.1, 0.15) is 31.2 Å². The highest BCUT2D eigenvalue weighted by Gasteiger charge is 2.17. The van der Waals surface area contributed by atoms with Crippen LogP contribution in [-0.4, -0.2) is 39.7 Å². The lowest BCUT2D eigenvalue weighted by Crippen LogP contribution is -2.26. The van der Waals surface area contributed by atoms with Gasteiger partial charge in [0.2, 0.25) is 5.82 Å². The number of para-hydroxylation sites is 3. The molecule has 0 fully saturated rings. The van der Waals surface area contributed by atoms with Crippen LogP contribution in [0.2, 0.25) is 0 Å². The number of hydrogen-bond acceptors (Lipinski definition) is 6. The van der Waals surface area contributed by atoms with E-state index in [2.05, 4.69) is 27.5 Å². The maximum atomic E-state index is 13.5. The number of fused-ring (bicyclic) bond motifs is 2. The van der Waals surface area contributed by atoms with Gasteiger partial charge in [-0.25, -0.2) is 9.97 Å². The van der Waals surface area contributed by atoms with Crippen molar-refractivity contribution in [2.75, 3.05) is 0 Å². The second-order valence-corrected chi connectivity index (χ2v) is 8.69. The van der Waals surface area contributed by atoms with Crippen LogP contribution in [0, 0.1) is 0 Å². The zero-order chi connectivity index (χ0) is 24.5. The minimum atomic E-state index is -0.0226. The van der Waals surface area contributed by atoms with Gasteiger partial charge >= 0.3 is 0 Å². The van der Waals surface area contributed by atoms with Crippen LogP contribution in [0.4, 0.5) is 0 Å². The predicted octanol–water partition coefficient (Wildman–Crippen LogP) is 4.31. The first-order valence-electron chi connectivity index (χ1n) is 12.0. The normalized spacial score (nSPS) is 11.5. The lowest BCUT2D eigenvalue weighted by molar-refractivity contribution is 0.647. The summed E-state index contributed by atoms with van der Waals surface area (Å²) >= 11 is 0. The van der Waals surface area contributed by atoms with E-state index in [1.54, 1.807) is 10.9 Å². The fraction of sp³-hybridized carbons (Fsp3) is 0.185. The summed E-state index contributed by atoms with van der Waals surface area (Å²) in [6, 6.07) is 21.5. The first-order valence-corrected chi connectivity index (χ1v) is 12.0. The maximum Gasteiger partial charge on any atom is 0.261 e. The molecule has 3 aromatic heterocycles. The van der Waals surface area contributed by atoms with E-state index < -0.39 is 0 Å². The number of nitrogens with zero attached hydrogens (tertiary/aromatic N) is 7. The molecule has 0 saturated heterocycles. The lowest BCUT2D eigenvalue weighted by Gasteiger charge is -2.14. The summed E-state index contributed by atoms with van der Waals surface area (Å²) in [7, 11) is 0. The number of tetrazole rings is 1. The van der Waals surface area contributed by atoms with Crippen molar-refractivity contribution in [2.24, 2.45) is 0 Å². The molecule has 1 N–H and O–H groups in total. The quantitative estimate of drug-likeness (QED) is 0.368. The zero-order valence-electron chi connectivity index (χ0n) is 19.8. The molecule has 0 aliphatic carbocycles. The van der Waals surface area contributed by atoms with Crippen LogP contribution in [-0.2, 0) is 13.0 Å². The van der Waals surface area contributed by atoms with Gasteiger partial charge in [-0.05, 0) is 47.5 Å². The molecule has 0 radical (unpaired) electrons. The summed E-state index contributed by atoms with van der Waals surface area (Å²) in [4.78, 5) is 23.1. The molecule has 3 heterocycles. The molecule has 178 valence electrons. The first kappa shape index (κ1) is 21.8. The number of imidazole rings is 1. The number of nitrogens with one attached hydrogen (secondary N) is 1. The van der Waals surface area contributed by atoms with E-state index in [-0.39, 0.29) is 5.56 Å². The Labute approximate surface area is 206 Å². The Morgan fingerprint density at radius 2 is 1.83 bits per heavy atom. The number of unbranched alkanes of at least 4 members (excludes halogenated alkanes) is 1. The molecule has 3 aromatic carbocycles. The molecule has 0 amide bonds. The monoisotopic (exact) mass is 476 g/mol. The van der Waals surface area contributed by atoms with Gasteiger partial charge in [0.1, 0.15) is 12.2 Å². The van der Waals surface area contributed by atoms with Gasteiger partial charge in [0, 0.05) is 12.0 Å². The molecule has 0 aliphatic heterocycles. The van der Waals surface area contributed by atoms with Gasteiger partial charge in [-0.2, -0.15) is 5.21 Å². The Kier molecular flexibility index (Phi) is 5.57. The molecule has 9 heteroatoms. The van der Waals surface area contributed by atoms with Gasteiger partial charge in [-0.15, -0.1) is 10.2 Å². The summed E-state index contributed by atoms with van der Waals surface area (Å²) < 4.78 is 3.82. The number of aromatic nitrogens is 8. The molecular weight excluding hydrogens is 452 g/mol. The van der Waals surface area contributed by atoms with Crippen LogP contribution in [0.5, 0.6) is 0 Å². The fourth-order valence-electron chi connectivity index (χ4n) is 4.64. The van der Waals surface area contributed by atoms with E-state index in [4.69, 9.17) is 9.97 Å². The fourth-order valence-corrected chi connectivity index (χ4v) is 4.64. The minimum absolute atomic E-state index is 0.0226. The van der Waals surface area contributed by atoms with Crippen molar-refractivity contribution >= 4 is 21.9 Å². The topological polar surface area (TPSA) is 107 Å². The lowest BCUT2D eigenvalue weighted by atomic mass is 10.1. The highest BCUT2D eigenvalue weighted by Crippen LogP contribution is 2.28. The van der Waals surface area contributed by atoms with E-state index in [0.29, 0.717) is 17.8 Å². The van der Waals surface area contributed by atoms with Crippen LogP contribution in [0.15, 0.2) is 77.9 Å². The standard InChI is InChI=1S/C27H24N8O/c1-2-3-15-24-29-21-12-6-4-10-19(21)27(36)34(24)16-18-9-8-14-23-25(18)28-17-35(23)22-13-7-5-11-20(22)26-30-32-33-31-26/h4-14,17H,2-3,15-16H2,1H3,(H,30,31,32,33). The first-order chi connectivity index (χ1) is 17.7. The van der Waals surface area contributed by atoms with Crippen molar-refractivity contribution in [1.29, 1.82) is 0 Å². The third-order valence-corrected chi connectivity index (χ3v) is 6.43. The molecule has 6 rings (SSSR count). The van der Waals surface area contributed by atoms with Crippen molar-refractivity contribution in [3.05, 3.63) is 94.8 Å². The summed E-state index contributed by atoms with van der Waals surface area (Å²) in [6.07, 6.45) is 4.55. The van der Waals surface area contributed by atoms with E-state index in [1.807, 2.05) is 71.3 Å². The molecule has 0 atom stereocenters. The summed E-state index contributed by atoms with van der Waals surface area (Å²) in [5, 5.41) is 15.2. The van der Waals surface area contributed by atoms with E-state index >= 15 is 0 Å². The molecular formula is C27H24N8O. The van der Waals surface area contributed by atoms with Gasteiger partial charge in [0.25, 0.3) is 5.56 Å². The molecule has 0 aliphatic rings. The second-order valence-electron chi connectivity index (χ2n) is 8.69. The number of H-pyrrole nitrogens is 1. The average molecular weight is 477 g/mol. The van der Waals surface area contributed by atoms with Gasteiger partial charge in [-0.1, -0.05) is 49.7 Å². The second kappa shape index (κ2) is 9.18. The van der Waals surface area contributed by atoms with Crippen LogP contribution in [0.3, 0.4) is 0 Å². The van der Waals surface area contributed by atoms with Crippen molar-refractivity contribution in [3.63, 3.8) is 0 Å². The van der Waals surface area contributed by atoms with E-state index in [1.165, 1.54) is 0 Å². The smallest absolute Gasteiger partial charge is 0.261 e. The van der Waals surface area contributed by atoms with Crippen molar-refractivity contribution in [2.45, 2.75) is 32.7 Å². The van der Waals surface area contributed by atoms with E-state index in [9.17, 15) is 4.79 Å². The van der Waals surface area contributed by atoms with Crippen molar-refractivity contribution in [3.8, 4) is 17.1 Å². The molecule has 0 bridgehead atoms. The summed E-state index contributed by atoms with van der Waals surface area (Å²) in [5.74, 6) is 1.32. The molecule has 0 unspecified atom stereocenters. The zero-order valence-corrected chi connectivity index (χ0v) is 19.8. The minimum Gasteiger partial charge on any atom is -0.298 e. The average Bonchev–Trinajstić information content (AvgIpc) is 3.60. The Bertz CT molecular complexity index is 1730. The van der Waals surface area contributed by atoms with Crippen LogP contribution >= 0.6 is 0 Å². The predicted molar refractivity (Wildman–Crippen MR) is 138 cm³/mol. The maximum absolute atomic E-state index is 13.5. The van der Waals surface area contributed by atoms with Crippen molar-refractivity contribution < 1.29 is 0 Å². The van der Waals surface area contributed by atoms with Gasteiger partial charge in [0.15, 0.2) is 0 Å². The third kappa shape index (κ3) is 3.74. The highest BCUT2D eigenvalue weighted by molar-refractivity contribution is 5.83. The molecule has 36 heavy (non-hydrogen) atoms. The third-order valence-electron chi connectivity index (χ3n) is 6.43. The number of rotatable bonds is 7. The molecule has 0 saturated carbocycles. The number of hydrogen-bond donors (Lipinski definition) is 1. The SMILES string of the molecule is CCCCc1nc2ccccc2c(=O)n1Cc1cccc2c1ncn2-c1ccccc1-c1nn[nH]n1. The molecule has 0 spiro atoms. The highest BCUT2D eigenvalue weighted by atomic mass is 16.1. The number of benzene rings is 3. The summed E-state index contributed by atoms with van der Waals surface area (Å²) in [6.45, 7) is 2.54.